The minimum Gasteiger partial charge on any atom is -0.308 e. The highest BCUT2D eigenvalue weighted by atomic mass is 35.5. The third-order valence-electron chi connectivity index (χ3n) is 1.85. The Morgan fingerprint density at radius 2 is 1.94 bits per heavy atom. The SMILES string of the molecule is N#Cc1ccc(NC(=O)NC(=O)CCCl)cc1. The first kappa shape index (κ1) is 13.0. The number of nitriles is 1. The minimum atomic E-state index is -0.621. The largest absolute Gasteiger partial charge is 0.325 e. The van der Waals surface area contributed by atoms with Gasteiger partial charge in [0.05, 0.1) is 11.6 Å². The van der Waals surface area contributed by atoms with E-state index in [4.69, 9.17) is 16.9 Å². The first-order valence-corrected chi connectivity index (χ1v) is 5.36. The second-order valence-corrected chi connectivity index (χ2v) is 3.51. The van der Waals surface area contributed by atoms with Crippen LogP contribution in [0, 0.1) is 11.3 Å². The molecule has 1 aromatic rings. The summed E-state index contributed by atoms with van der Waals surface area (Å²) in [6, 6.07) is 7.62. The molecule has 1 aromatic carbocycles. The highest BCUT2D eigenvalue weighted by Crippen LogP contribution is 2.08. The summed E-state index contributed by atoms with van der Waals surface area (Å²) >= 11 is 5.35. The van der Waals surface area contributed by atoms with Gasteiger partial charge in [-0.3, -0.25) is 10.1 Å². The Morgan fingerprint density at radius 1 is 1.29 bits per heavy atom. The monoisotopic (exact) mass is 251 g/mol. The third-order valence-corrected chi connectivity index (χ3v) is 2.04. The van der Waals surface area contributed by atoms with Gasteiger partial charge in [-0.2, -0.15) is 5.26 Å². The number of carbonyl (C=O) groups excluding carboxylic acids is 2. The normalized spacial score (nSPS) is 9.18. The van der Waals surface area contributed by atoms with Crippen molar-refractivity contribution in [1.29, 1.82) is 5.26 Å². The molecule has 6 heteroatoms. The van der Waals surface area contributed by atoms with E-state index < -0.39 is 11.9 Å². The Balaban J connectivity index is 2.51. The van der Waals surface area contributed by atoms with Crippen molar-refractivity contribution in [2.45, 2.75) is 6.42 Å². The van der Waals surface area contributed by atoms with Crippen LogP contribution in [0.25, 0.3) is 0 Å². The van der Waals surface area contributed by atoms with Gasteiger partial charge in [-0.05, 0) is 24.3 Å². The van der Waals surface area contributed by atoms with Gasteiger partial charge in [-0.15, -0.1) is 11.6 Å². The predicted octanol–water partition coefficient (Wildman–Crippen LogP) is 1.84. The maximum Gasteiger partial charge on any atom is 0.325 e. The van der Waals surface area contributed by atoms with Crippen molar-refractivity contribution >= 4 is 29.2 Å². The molecule has 1 rings (SSSR count). The molecule has 0 atom stereocenters. The predicted molar refractivity (Wildman–Crippen MR) is 63.7 cm³/mol. The van der Waals surface area contributed by atoms with E-state index in [9.17, 15) is 9.59 Å². The molecule has 0 aliphatic carbocycles. The third kappa shape index (κ3) is 4.53. The van der Waals surface area contributed by atoms with Gasteiger partial charge in [0.25, 0.3) is 0 Å². The number of alkyl halides is 1. The highest BCUT2D eigenvalue weighted by molar-refractivity contribution is 6.19. The molecule has 3 amide bonds. The molecular formula is C11H10ClN3O2. The highest BCUT2D eigenvalue weighted by Gasteiger charge is 2.06. The van der Waals surface area contributed by atoms with E-state index in [1.807, 2.05) is 6.07 Å². The number of nitrogens with zero attached hydrogens (tertiary/aromatic N) is 1. The summed E-state index contributed by atoms with van der Waals surface area (Å²) in [5, 5.41) is 13.2. The fourth-order valence-electron chi connectivity index (χ4n) is 1.07. The Morgan fingerprint density at radius 3 is 2.47 bits per heavy atom. The lowest BCUT2D eigenvalue weighted by Gasteiger charge is -2.05. The van der Waals surface area contributed by atoms with Crippen molar-refractivity contribution in [1.82, 2.24) is 5.32 Å². The molecule has 0 aromatic heterocycles. The first-order chi connectivity index (χ1) is 8.15. The molecule has 0 saturated carbocycles. The number of anilines is 1. The summed E-state index contributed by atoms with van der Waals surface area (Å²) in [7, 11) is 0. The number of rotatable bonds is 3. The second-order valence-electron chi connectivity index (χ2n) is 3.13. The number of hydrogen-bond acceptors (Lipinski definition) is 3. The number of amides is 3. The van der Waals surface area contributed by atoms with Gasteiger partial charge in [0.15, 0.2) is 0 Å². The number of carbonyl (C=O) groups is 2. The maximum atomic E-state index is 11.3. The van der Waals surface area contributed by atoms with Gasteiger partial charge >= 0.3 is 6.03 Å². The van der Waals surface area contributed by atoms with Crippen LogP contribution < -0.4 is 10.6 Å². The summed E-state index contributed by atoms with van der Waals surface area (Å²) in [6.45, 7) is 0. The zero-order chi connectivity index (χ0) is 12.7. The van der Waals surface area contributed by atoms with Gasteiger partial charge in [0.1, 0.15) is 0 Å². The number of benzene rings is 1. The Bertz CT molecular complexity index is 451. The zero-order valence-electron chi connectivity index (χ0n) is 8.87. The van der Waals surface area contributed by atoms with E-state index in [0.717, 1.165) is 0 Å². The summed E-state index contributed by atoms with van der Waals surface area (Å²) in [6.07, 6.45) is 0.0857. The van der Waals surface area contributed by atoms with Gasteiger partial charge < -0.3 is 5.32 Å². The Kier molecular flexibility index (Phi) is 4.98. The molecular weight excluding hydrogens is 242 g/mol. The average molecular weight is 252 g/mol. The summed E-state index contributed by atoms with van der Waals surface area (Å²) < 4.78 is 0. The summed E-state index contributed by atoms with van der Waals surface area (Å²) in [5.41, 5.74) is 0.995. The minimum absolute atomic E-state index is 0.0857. The topological polar surface area (TPSA) is 82.0 Å². The van der Waals surface area contributed by atoms with Gasteiger partial charge in [-0.1, -0.05) is 0 Å². The summed E-state index contributed by atoms with van der Waals surface area (Å²) in [4.78, 5) is 22.3. The van der Waals surface area contributed by atoms with Crippen LogP contribution >= 0.6 is 11.6 Å². The fourth-order valence-corrected chi connectivity index (χ4v) is 1.24. The van der Waals surface area contributed by atoms with E-state index >= 15 is 0 Å². The maximum absolute atomic E-state index is 11.3. The zero-order valence-corrected chi connectivity index (χ0v) is 9.62. The molecule has 0 fully saturated rings. The van der Waals surface area contributed by atoms with Crippen molar-refractivity contribution in [2.24, 2.45) is 0 Å². The van der Waals surface area contributed by atoms with E-state index in [2.05, 4.69) is 10.6 Å². The van der Waals surface area contributed by atoms with Crippen molar-refractivity contribution < 1.29 is 9.59 Å². The van der Waals surface area contributed by atoms with Gasteiger partial charge in [0.2, 0.25) is 5.91 Å². The lowest BCUT2D eigenvalue weighted by Crippen LogP contribution is -2.34. The van der Waals surface area contributed by atoms with Crippen molar-refractivity contribution in [3.63, 3.8) is 0 Å². The second kappa shape index (κ2) is 6.51. The number of urea groups is 1. The molecule has 0 bridgehead atoms. The molecule has 0 saturated heterocycles. The van der Waals surface area contributed by atoms with Crippen LogP contribution in [0.4, 0.5) is 10.5 Å². The van der Waals surface area contributed by atoms with Gasteiger partial charge in [0, 0.05) is 18.0 Å². The smallest absolute Gasteiger partial charge is 0.308 e. The van der Waals surface area contributed by atoms with Crippen molar-refractivity contribution in [3.05, 3.63) is 29.8 Å². The van der Waals surface area contributed by atoms with Crippen LogP contribution in [-0.2, 0) is 4.79 Å². The lowest BCUT2D eigenvalue weighted by molar-refractivity contribution is -0.119. The van der Waals surface area contributed by atoms with E-state index in [0.29, 0.717) is 11.3 Å². The number of nitrogens with one attached hydrogen (secondary N) is 2. The molecule has 0 unspecified atom stereocenters. The van der Waals surface area contributed by atoms with Crippen molar-refractivity contribution in [2.75, 3.05) is 11.2 Å². The molecule has 0 aliphatic heterocycles. The first-order valence-electron chi connectivity index (χ1n) is 4.82. The van der Waals surface area contributed by atoms with Crippen LogP contribution in [0.5, 0.6) is 0 Å². The molecule has 0 aliphatic rings. The molecule has 0 heterocycles. The molecule has 88 valence electrons. The van der Waals surface area contributed by atoms with Crippen LogP contribution in [0.1, 0.15) is 12.0 Å². The van der Waals surface area contributed by atoms with Crippen LogP contribution in [0.15, 0.2) is 24.3 Å². The Hall–Kier alpha value is -2.06. The summed E-state index contributed by atoms with van der Waals surface area (Å²) in [5.74, 6) is -0.276. The molecule has 5 nitrogen and oxygen atoms in total. The lowest BCUT2D eigenvalue weighted by atomic mass is 10.2. The van der Waals surface area contributed by atoms with E-state index in [-0.39, 0.29) is 12.3 Å². The number of imide groups is 1. The number of hydrogen-bond donors (Lipinski definition) is 2. The van der Waals surface area contributed by atoms with Gasteiger partial charge in [-0.25, -0.2) is 4.79 Å². The number of halogens is 1. The average Bonchev–Trinajstić information content (AvgIpc) is 2.30. The molecule has 2 N–H and O–H groups in total. The standard InChI is InChI=1S/C11H10ClN3O2/c12-6-5-10(16)15-11(17)14-9-3-1-8(7-13)2-4-9/h1-4H,5-6H2,(H2,14,15,16,17). The van der Waals surface area contributed by atoms with Crippen molar-refractivity contribution in [3.8, 4) is 6.07 Å². The van der Waals surface area contributed by atoms with E-state index in [1.54, 1.807) is 24.3 Å². The quantitative estimate of drug-likeness (QED) is 0.804. The molecule has 0 radical (unpaired) electrons. The van der Waals surface area contributed by atoms with Crippen LogP contribution in [0.2, 0.25) is 0 Å². The fraction of sp³-hybridized carbons (Fsp3) is 0.182. The van der Waals surface area contributed by atoms with Crippen LogP contribution in [0.3, 0.4) is 0 Å². The van der Waals surface area contributed by atoms with E-state index in [1.165, 1.54) is 0 Å². The molecule has 0 spiro atoms. The Labute approximate surface area is 103 Å². The molecule has 17 heavy (non-hydrogen) atoms. The van der Waals surface area contributed by atoms with Crippen LogP contribution in [-0.4, -0.2) is 17.8 Å².